The molecule has 1 heterocycles. The van der Waals surface area contributed by atoms with E-state index in [1.54, 1.807) is 6.20 Å². The number of hydrogen-bond acceptors (Lipinski definition) is 3. The second-order valence-corrected chi connectivity index (χ2v) is 6.44. The van der Waals surface area contributed by atoms with Crippen LogP contribution in [0.5, 0.6) is 0 Å². The zero-order valence-corrected chi connectivity index (χ0v) is 14.9. The highest BCUT2D eigenvalue weighted by molar-refractivity contribution is 6.02. The molecular weight excluding hydrogens is 310 g/mol. The highest BCUT2D eigenvalue weighted by Crippen LogP contribution is 2.21. The van der Waals surface area contributed by atoms with E-state index < -0.39 is 0 Å². The van der Waals surface area contributed by atoms with E-state index in [0.29, 0.717) is 0 Å². The Balaban J connectivity index is 1.70. The van der Waals surface area contributed by atoms with Gasteiger partial charge in [-0.25, -0.2) is 0 Å². The van der Waals surface area contributed by atoms with Gasteiger partial charge in [-0.05, 0) is 50.7 Å². The summed E-state index contributed by atoms with van der Waals surface area (Å²) >= 11 is 0. The van der Waals surface area contributed by atoms with Crippen LogP contribution in [0.1, 0.15) is 18.1 Å². The van der Waals surface area contributed by atoms with Crippen molar-refractivity contribution in [2.45, 2.75) is 26.4 Å². The number of carbonyl (C=O) groups is 1. The fourth-order valence-electron chi connectivity index (χ4n) is 2.77. The molecule has 1 atom stereocenters. The fraction of sp³-hybridized carbons (Fsp3) is 0.238. The SMILES string of the molecule is Cc1ccc(CN(C)C(C)C(=O)Nc2cccc3ncccc23)cc1. The molecule has 0 spiro atoms. The molecule has 0 fully saturated rings. The molecule has 2 aromatic carbocycles. The Morgan fingerprint density at radius 1 is 1.12 bits per heavy atom. The van der Waals surface area contributed by atoms with Crippen LogP contribution in [0.25, 0.3) is 10.9 Å². The Morgan fingerprint density at radius 2 is 1.88 bits per heavy atom. The molecule has 4 heteroatoms. The summed E-state index contributed by atoms with van der Waals surface area (Å²) in [4.78, 5) is 19.0. The number of pyridine rings is 1. The number of nitrogens with zero attached hydrogens (tertiary/aromatic N) is 2. The van der Waals surface area contributed by atoms with Crippen LogP contribution in [0.2, 0.25) is 0 Å². The first kappa shape index (κ1) is 17.1. The number of carbonyl (C=O) groups excluding carboxylic acids is 1. The van der Waals surface area contributed by atoms with Crippen molar-refractivity contribution in [3.05, 3.63) is 71.9 Å². The van der Waals surface area contributed by atoms with Gasteiger partial charge >= 0.3 is 0 Å². The molecule has 128 valence electrons. The third-order valence-corrected chi connectivity index (χ3v) is 4.50. The van der Waals surface area contributed by atoms with Crippen molar-refractivity contribution in [2.75, 3.05) is 12.4 Å². The maximum Gasteiger partial charge on any atom is 0.241 e. The summed E-state index contributed by atoms with van der Waals surface area (Å²) in [7, 11) is 1.97. The number of aryl methyl sites for hydroxylation is 1. The quantitative estimate of drug-likeness (QED) is 0.767. The zero-order chi connectivity index (χ0) is 17.8. The van der Waals surface area contributed by atoms with Crippen LogP contribution in [0.15, 0.2) is 60.8 Å². The average molecular weight is 333 g/mol. The molecule has 0 saturated heterocycles. The van der Waals surface area contributed by atoms with E-state index in [1.165, 1.54) is 11.1 Å². The molecule has 1 aromatic heterocycles. The van der Waals surface area contributed by atoms with Gasteiger partial charge in [0.05, 0.1) is 17.2 Å². The number of anilines is 1. The maximum absolute atomic E-state index is 12.7. The Labute approximate surface area is 148 Å². The molecular formula is C21H23N3O. The van der Waals surface area contributed by atoms with Crippen molar-refractivity contribution < 1.29 is 4.79 Å². The second kappa shape index (κ2) is 7.45. The van der Waals surface area contributed by atoms with Gasteiger partial charge in [0.2, 0.25) is 5.91 Å². The monoisotopic (exact) mass is 333 g/mol. The van der Waals surface area contributed by atoms with E-state index in [-0.39, 0.29) is 11.9 Å². The smallest absolute Gasteiger partial charge is 0.241 e. The summed E-state index contributed by atoms with van der Waals surface area (Å²) in [6.07, 6.45) is 1.76. The largest absolute Gasteiger partial charge is 0.324 e. The molecule has 1 amide bonds. The third kappa shape index (κ3) is 4.03. The van der Waals surface area contributed by atoms with Crippen molar-refractivity contribution in [2.24, 2.45) is 0 Å². The topological polar surface area (TPSA) is 45.2 Å². The van der Waals surface area contributed by atoms with Gasteiger partial charge in [0.15, 0.2) is 0 Å². The van der Waals surface area contributed by atoms with E-state index in [1.807, 2.05) is 49.2 Å². The van der Waals surface area contributed by atoms with Crippen LogP contribution in [-0.4, -0.2) is 28.9 Å². The highest BCUT2D eigenvalue weighted by atomic mass is 16.2. The summed E-state index contributed by atoms with van der Waals surface area (Å²) in [6.45, 7) is 4.72. The van der Waals surface area contributed by atoms with Gasteiger partial charge in [-0.2, -0.15) is 0 Å². The Hall–Kier alpha value is -2.72. The molecule has 25 heavy (non-hydrogen) atoms. The van der Waals surface area contributed by atoms with Gasteiger partial charge in [-0.1, -0.05) is 35.9 Å². The lowest BCUT2D eigenvalue weighted by Crippen LogP contribution is -2.39. The summed E-state index contributed by atoms with van der Waals surface area (Å²) in [5.74, 6) is -0.0223. The molecule has 0 saturated carbocycles. The minimum atomic E-state index is -0.242. The van der Waals surface area contributed by atoms with Crippen LogP contribution in [-0.2, 0) is 11.3 Å². The van der Waals surface area contributed by atoms with E-state index >= 15 is 0 Å². The van der Waals surface area contributed by atoms with Crippen molar-refractivity contribution in [3.63, 3.8) is 0 Å². The third-order valence-electron chi connectivity index (χ3n) is 4.50. The maximum atomic E-state index is 12.7. The van der Waals surface area contributed by atoms with Gasteiger partial charge in [0.25, 0.3) is 0 Å². The van der Waals surface area contributed by atoms with E-state index in [4.69, 9.17) is 0 Å². The molecule has 0 radical (unpaired) electrons. The standard InChI is InChI=1S/C21H23N3O/c1-15-9-11-17(12-10-15)14-24(3)16(2)21(25)23-20-8-4-7-19-18(20)6-5-13-22-19/h4-13,16H,14H2,1-3H3,(H,23,25). The van der Waals surface area contributed by atoms with Crippen molar-refractivity contribution >= 4 is 22.5 Å². The lowest BCUT2D eigenvalue weighted by molar-refractivity contribution is -0.120. The highest BCUT2D eigenvalue weighted by Gasteiger charge is 2.19. The van der Waals surface area contributed by atoms with Crippen LogP contribution in [0.4, 0.5) is 5.69 Å². The number of rotatable bonds is 5. The van der Waals surface area contributed by atoms with E-state index in [2.05, 4.69) is 41.5 Å². The van der Waals surface area contributed by atoms with Crippen LogP contribution < -0.4 is 5.32 Å². The number of nitrogens with one attached hydrogen (secondary N) is 1. The van der Waals surface area contributed by atoms with Gasteiger partial charge < -0.3 is 5.32 Å². The Kier molecular flexibility index (Phi) is 5.10. The molecule has 4 nitrogen and oxygen atoms in total. The molecule has 0 aliphatic rings. The number of likely N-dealkylation sites (N-methyl/N-ethyl adjacent to an activating group) is 1. The molecule has 1 unspecified atom stereocenters. The summed E-state index contributed by atoms with van der Waals surface area (Å²) in [6, 6.07) is 17.8. The number of fused-ring (bicyclic) bond motifs is 1. The molecule has 3 aromatic rings. The predicted octanol–water partition coefficient (Wildman–Crippen LogP) is 4.00. The lowest BCUT2D eigenvalue weighted by Gasteiger charge is -2.24. The molecule has 0 aliphatic heterocycles. The van der Waals surface area contributed by atoms with Crippen LogP contribution in [0.3, 0.4) is 0 Å². The lowest BCUT2D eigenvalue weighted by atomic mass is 10.1. The normalized spacial score (nSPS) is 12.3. The molecule has 3 rings (SSSR count). The van der Waals surface area contributed by atoms with Crippen molar-refractivity contribution in [3.8, 4) is 0 Å². The zero-order valence-electron chi connectivity index (χ0n) is 14.9. The predicted molar refractivity (Wildman–Crippen MR) is 102 cm³/mol. The number of hydrogen-bond donors (Lipinski definition) is 1. The van der Waals surface area contributed by atoms with Crippen molar-refractivity contribution in [1.82, 2.24) is 9.88 Å². The first-order valence-corrected chi connectivity index (χ1v) is 8.45. The number of aromatic nitrogens is 1. The summed E-state index contributed by atoms with van der Waals surface area (Å²) < 4.78 is 0. The minimum absolute atomic E-state index is 0.0223. The van der Waals surface area contributed by atoms with Gasteiger partial charge in [-0.3, -0.25) is 14.7 Å². The van der Waals surface area contributed by atoms with Crippen LogP contribution >= 0.6 is 0 Å². The van der Waals surface area contributed by atoms with Gasteiger partial charge in [-0.15, -0.1) is 0 Å². The number of amides is 1. The Morgan fingerprint density at radius 3 is 2.64 bits per heavy atom. The number of benzene rings is 2. The molecule has 1 N–H and O–H groups in total. The first-order chi connectivity index (χ1) is 12.0. The van der Waals surface area contributed by atoms with Crippen LogP contribution in [0, 0.1) is 6.92 Å². The fourth-order valence-corrected chi connectivity index (χ4v) is 2.77. The molecule has 0 bridgehead atoms. The summed E-state index contributed by atoms with van der Waals surface area (Å²) in [5, 5.41) is 3.99. The van der Waals surface area contributed by atoms with E-state index in [0.717, 1.165) is 23.1 Å². The second-order valence-electron chi connectivity index (χ2n) is 6.44. The van der Waals surface area contributed by atoms with Crippen molar-refractivity contribution in [1.29, 1.82) is 0 Å². The van der Waals surface area contributed by atoms with Gasteiger partial charge in [0.1, 0.15) is 0 Å². The molecule has 0 aliphatic carbocycles. The first-order valence-electron chi connectivity index (χ1n) is 8.45. The Bertz CT molecular complexity index is 868. The average Bonchev–Trinajstić information content (AvgIpc) is 2.63. The minimum Gasteiger partial charge on any atom is -0.324 e. The van der Waals surface area contributed by atoms with Gasteiger partial charge in [0, 0.05) is 18.1 Å². The van der Waals surface area contributed by atoms with E-state index in [9.17, 15) is 4.79 Å². The summed E-state index contributed by atoms with van der Waals surface area (Å²) in [5.41, 5.74) is 4.11.